The number of nitrogens with one attached hydrogen (secondary N) is 1. The van der Waals surface area contributed by atoms with Gasteiger partial charge in [-0.25, -0.2) is 15.0 Å². The number of aromatic nitrogens is 4. The largest absolute Gasteiger partial charge is 0.481 e. The number of nitrogens with zero attached hydrogens (tertiary/aromatic N) is 5. The van der Waals surface area contributed by atoms with Crippen molar-refractivity contribution in [2.75, 3.05) is 45.4 Å². The molecule has 3 aromatic heterocycles. The Kier molecular flexibility index (Phi) is 8.31. The van der Waals surface area contributed by atoms with E-state index < -0.39 is 0 Å². The predicted octanol–water partition coefficient (Wildman–Crippen LogP) is 1.86. The predicted molar refractivity (Wildman–Crippen MR) is 127 cm³/mol. The topological polar surface area (TPSA) is 111 Å². The molecule has 0 bridgehead atoms. The summed E-state index contributed by atoms with van der Waals surface area (Å²) in [7, 11) is 3.23. The van der Waals surface area contributed by atoms with Crippen LogP contribution in [0.3, 0.4) is 0 Å². The molecule has 0 aromatic carbocycles. The maximum atomic E-state index is 13.4. The quantitative estimate of drug-likeness (QED) is 0.437. The highest BCUT2D eigenvalue weighted by atomic mass is 16.5. The molecule has 10 nitrogen and oxygen atoms in total. The molecular weight excluding hydrogens is 424 g/mol. The second-order valence-electron chi connectivity index (χ2n) is 7.47. The first kappa shape index (κ1) is 24.1. The van der Waals surface area contributed by atoms with Gasteiger partial charge in [0.1, 0.15) is 0 Å². The summed E-state index contributed by atoms with van der Waals surface area (Å²) in [5, 5.41) is 2.73. The van der Waals surface area contributed by atoms with E-state index >= 15 is 0 Å². The lowest BCUT2D eigenvalue weighted by Crippen LogP contribution is -2.39. The average molecular weight is 455 g/mol. The van der Waals surface area contributed by atoms with Gasteiger partial charge in [0.15, 0.2) is 11.5 Å². The Morgan fingerprint density at radius 3 is 2.61 bits per heavy atom. The Bertz CT molecular complexity index is 1150. The fourth-order valence-electron chi connectivity index (χ4n) is 3.35. The number of hydrogen-bond donors (Lipinski definition) is 1. The average Bonchev–Trinajstić information content (AvgIpc) is 2.82. The van der Waals surface area contributed by atoms with Crippen molar-refractivity contribution in [3.05, 3.63) is 40.9 Å². The van der Waals surface area contributed by atoms with Crippen LogP contribution >= 0.6 is 0 Å². The van der Waals surface area contributed by atoms with Crippen LogP contribution in [0.2, 0.25) is 0 Å². The van der Waals surface area contributed by atoms with Crippen LogP contribution in [-0.2, 0) is 16.1 Å². The lowest BCUT2D eigenvalue weighted by Gasteiger charge is -2.19. The fraction of sp³-hybridized carbons (Fsp3) is 0.435. The molecule has 3 aromatic rings. The molecule has 1 N–H and O–H groups in total. The van der Waals surface area contributed by atoms with E-state index in [2.05, 4.69) is 20.3 Å². The van der Waals surface area contributed by atoms with Gasteiger partial charge in [-0.15, -0.1) is 0 Å². The van der Waals surface area contributed by atoms with Crippen molar-refractivity contribution in [3.8, 4) is 17.0 Å². The monoisotopic (exact) mass is 454 g/mol. The summed E-state index contributed by atoms with van der Waals surface area (Å²) in [5.74, 6) is 0.490. The van der Waals surface area contributed by atoms with Crippen molar-refractivity contribution in [3.63, 3.8) is 0 Å². The number of amides is 1. The van der Waals surface area contributed by atoms with Crippen LogP contribution in [0, 0.1) is 0 Å². The number of pyridine rings is 2. The highest BCUT2D eigenvalue weighted by Gasteiger charge is 2.18. The van der Waals surface area contributed by atoms with Crippen LogP contribution in [0.4, 0.5) is 5.82 Å². The second kappa shape index (κ2) is 11.4. The number of fused-ring (bicyclic) bond motifs is 1. The van der Waals surface area contributed by atoms with E-state index in [-0.39, 0.29) is 23.8 Å². The molecule has 0 atom stereocenters. The van der Waals surface area contributed by atoms with Crippen molar-refractivity contribution >= 4 is 22.9 Å². The lowest BCUT2D eigenvalue weighted by atomic mass is 10.1. The summed E-state index contributed by atoms with van der Waals surface area (Å²) in [5.41, 5.74) is 2.33. The summed E-state index contributed by atoms with van der Waals surface area (Å²) in [6.45, 7) is 5.73. The van der Waals surface area contributed by atoms with Gasteiger partial charge >= 0.3 is 0 Å². The van der Waals surface area contributed by atoms with Crippen molar-refractivity contribution in [2.24, 2.45) is 0 Å². The Balaban J connectivity index is 2.04. The van der Waals surface area contributed by atoms with E-state index in [1.807, 2.05) is 26.0 Å². The molecule has 0 aliphatic carbocycles. The highest BCUT2D eigenvalue weighted by molar-refractivity contribution is 5.82. The van der Waals surface area contributed by atoms with Gasteiger partial charge in [-0.05, 0) is 25.5 Å². The van der Waals surface area contributed by atoms with Gasteiger partial charge in [-0.2, -0.15) is 0 Å². The molecule has 3 rings (SSSR count). The SMILES string of the molecule is CCCOCCn1c(=O)c(N(C)CC(=O)NCC)nc2ncc(-c3ccc(OC)nc3)cc21. The number of carbonyl (C=O) groups excluding carboxylic acids is 1. The summed E-state index contributed by atoms with van der Waals surface area (Å²) < 4.78 is 12.4. The van der Waals surface area contributed by atoms with Crippen LogP contribution < -0.4 is 20.5 Å². The minimum atomic E-state index is -0.304. The maximum absolute atomic E-state index is 13.4. The summed E-state index contributed by atoms with van der Waals surface area (Å²) >= 11 is 0. The van der Waals surface area contributed by atoms with Gasteiger partial charge in [0.05, 0.1) is 25.8 Å². The number of carbonyl (C=O) groups is 1. The highest BCUT2D eigenvalue weighted by Crippen LogP contribution is 2.23. The van der Waals surface area contributed by atoms with Crippen LogP contribution in [0.15, 0.2) is 35.4 Å². The Morgan fingerprint density at radius 2 is 1.94 bits per heavy atom. The zero-order chi connectivity index (χ0) is 23.8. The van der Waals surface area contributed by atoms with E-state index in [0.717, 1.165) is 17.5 Å². The molecule has 0 unspecified atom stereocenters. The van der Waals surface area contributed by atoms with Gasteiger partial charge < -0.3 is 19.7 Å². The van der Waals surface area contributed by atoms with Crippen LogP contribution in [0.25, 0.3) is 22.3 Å². The fourth-order valence-corrected chi connectivity index (χ4v) is 3.35. The van der Waals surface area contributed by atoms with Crippen molar-refractivity contribution < 1.29 is 14.3 Å². The smallest absolute Gasteiger partial charge is 0.294 e. The molecule has 33 heavy (non-hydrogen) atoms. The number of rotatable bonds is 11. The van der Waals surface area contributed by atoms with Crippen LogP contribution in [-0.4, -0.2) is 65.9 Å². The molecular formula is C23H30N6O4. The van der Waals surface area contributed by atoms with E-state index in [4.69, 9.17) is 9.47 Å². The lowest BCUT2D eigenvalue weighted by molar-refractivity contribution is -0.119. The number of anilines is 1. The zero-order valence-electron chi connectivity index (χ0n) is 19.5. The Hall–Kier alpha value is -3.53. The van der Waals surface area contributed by atoms with E-state index in [1.54, 1.807) is 42.1 Å². The first-order chi connectivity index (χ1) is 16.0. The summed E-state index contributed by atoms with van der Waals surface area (Å²) in [6, 6.07) is 5.51. The molecule has 176 valence electrons. The standard InChI is InChI=1S/C23H30N6O4/c1-5-10-33-11-9-29-18-12-17(16-7-8-20(32-4)25-13-16)14-26-21(18)27-22(23(29)31)28(3)15-19(30)24-6-2/h7-8,12-14H,5-6,9-11,15H2,1-4H3,(H,24,30). The van der Waals surface area contributed by atoms with Crippen LogP contribution in [0.1, 0.15) is 20.3 Å². The van der Waals surface area contributed by atoms with E-state index in [9.17, 15) is 9.59 Å². The summed E-state index contributed by atoms with van der Waals surface area (Å²) in [4.78, 5) is 40.2. The maximum Gasteiger partial charge on any atom is 0.294 e. The third-order valence-electron chi connectivity index (χ3n) is 4.99. The first-order valence-electron chi connectivity index (χ1n) is 10.9. The Morgan fingerprint density at radius 1 is 1.15 bits per heavy atom. The molecule has 0 fully saturated rings. The second-order valence-corrected chi connectivity index (χ2v) is 7.47. The van der Waals surface area contributed by atoms with Crippen molar-refractivity contribution in [1.82, 2.24) is 24.8 Å². The molecule has 1 amide bonds. The molecule has 0 radical (unpaired) electrons. The number of methoxy groups -OCH3 is 1. The number of likely N-dealkylation sites (N-methyl/N-ethyl adjacent to an activating group) is 2. The van der Waals surface area contributed by atoms with Gasteiger partial charge in [0, 0.05) is 56.3 Å². The zero-order valence-corrected chi connectivity index (χ0v) is 19.5. The number of hydrogen-bond acceptors (Lipinski definition) is 8. The molecule has 0 saturated heterocycles. The van der Waals surface area contributed by atoms with Gasteiger partial charge in [0.25, 0.3) is 5.56 Å². The van der Waals surface area contributed by atoms with Gasteiger partial charge in [-0.3, -0.25) is 14.2 Å². The van der Waals surface area contributed by atoms with Crippen molar-refractivity contribution in [1.29, 1.82) is 0 Å². The van der Waals surface area contributed by atoms with E-state index in [1.165, 1.54) is 0 Å². The Labute approximate surface area is 192 Å². The molecule has 10 heteroatoms. The van der Waals surface area contributed by atoms with E-state index in [0.29, 0.717) is 43.3 Å². The molecule has 3 heterocycles. The number of ether oxygens (including phenoxy) is 2. The molecule has 0 aliphatic rings. The van der Waals surface area contributed by atoms with Crippen LogP contribution in [0.5, 0.6) is 5.88 Å². The van der Waals surface area contributed by atoms with Gasteiger partial charge in [-0.1, -0.05) is 6.92 Å². The van der Waals surface area contributed by atoms with Crippen molar-refractivity contribution in [2.45, 2.75) is 26.8 Å². The summed E-state index contributed by atoms with van der Waals surface area (Å²) in [6.07, 6.45) is 4.27. The minimum absolute atomic E-state index is 0.0174. The minimum Gasteiger partial charge on any atom is -0.481 e. The van der Waals surface area contributed by atoms with Gasteiger partial charge in [0.2, 0.25) is 11.8 Å². The molecule has 0 aliphatic heterocycles. The first-order valence-corrected chi connectivity index (χ1v) is 10.9. The molecule has 0 saturated carbocycles. The normalized spacial score (nSPS) is 10.9. The molecule has 0 spiro atoms. The third-order valence-corrected chi connectivity index (χ3v) is 4.99. The third kappa shape index (κ3) is 5.83.